The summed E-state index contributed by atoms with van der Waals surface area (Å²) in [6.07, 6.45) is -3.46. The molecule has 23 heavy (non-hydrogen) atoms. The highest BCUT2D eigenvalue weighted by Gasteiger charge is 2.28. The molecule has 1 fully saturated rings. The molecule has 2 rings (SSSR count). The number of piperidine rings is 1. The Morgan fingerprint density at radius 3 is 2.87 bits per heavy atom. The molecule has 1 aromatic carbocycles. The zero-order valence-electron chi connectivity index (χ0n) is 12.7. The number of aliphatic hydroxyl groups excluding tert-OH is 1. The summed E-state index contributed by atoms with van der Waals surface area (Å²) in [5.41, 5.74) is 1.21. The van der Waals surface area contributed by atoms with Crippen LogP contribution in [0.1, 0.15) is 18.4 Å². The predicted octanol–water partition coefficient (Wildman–Crippen LogP) is 3.64. The molecule has 0 radical (unpaired) electrons. The largest absolute Gasteiger partial charge is 0.398 e. The molecule has 2 amide bonds. The number of anilines is 1. The number of benzene rings is 1. The number of hydrogen-bond acceptors (Lipinski definition) is 3. The highest BCUT2D eigenvalue weighted by Crippen LogP contribution is 2.33. The lowest BCUT2D eigenvalue weighted by Gasteiger charge is -2.30. The molecule has 1 aliphatic rings. The number of carbonyl (C=O) groups is 1. The molecule has 0 aliphatic carbocycles. The van der Waals surface area contributed by atoms with Crippen LogP contribution in [0.4, 0.5) is 23.7 Å². The van der Waals surface area contributed by atoms with Gasteiger partial charge in [-0.05, 0) is 37.5 Å². The summed E-state index contributed by atoms with van der Waals surface area (Å²) in [4.78, 5) is 14.1. The molecule has 0 bridgehead atoms. The van der Waals surface area contributed by atoms with Gasteiger partial charge in [0, 0.05) is 18.0 Å². The number of β-amino-alcohol motifs (C(OH)–C–C–N with tert-alkyl or cyclic N) is 1. The Labute approximate surface area is 137 Å². The average molecular weight is 348 g/mol. The molecule has 1 atom stereocenters. The fourth-order valence-electron chi connectivity index (χ4n) is 2.36. The van der Waals surface area contributed by atoms with Crippen molar-refractivity contribution in [2.75, 3.05) is 24.2 Å². The first-order valence-corrected chi connectivity index (χ1v) is 8.27. The summed E-state index contributed by atoms with van der Waals surface area (Å²) in [6.45, 7) is 2.57. The van der Waals surface area contributed by atoms with E-state index in [2.05, 4.69) is 5.32 Å². The molecule has 8 heteroatoms. The van der Waals surface area contributed by atoms with Gasteiger partial charge in [-0.1, -0.05) is 6.07 Å². The third-order valence-corrected chi connectivity index (χ3v) is 4.59. The number of thioether (sulfide) groups is 1. The van der Waals surface area contributed by atoms with Crippen LogP contribution in [-0.4, -0.2) is 47.2 Å². The first-order valence-electron chi connectivity index (χ1n) is 7.29. The molecule has 4 nitrogen and oxygen atoms in total. The van der Waals surface area contributed by atoms with Gasteiger partial charge in [0.05, 0.1) is 17.5 Å². The number of rotatable bonds is 3. The Balaban J connectivity index is 2.08. The minimum Gasteiger partial charge on any atom is -0.391 e. The topological polar surface area (TPSA) is 52.6 Å². The number of nitrogens with zero attached hydrogens (tertiary/aromatic N) is 1. The lowest BCUT2D eigenvalue weighted by molar-refractivity contribution is -0.105. The van der Waals surface area contributed by atoms with E-state index in [-0.39, 0.29) is 6.54 Å². The van der Waals surface area contributed by atoms with Crippen molar-refractivity contribution >= 4 is 23.5 Å². The van der Waals surface area contributed by atoms with Gasteiger partial charge >= 0.3 is 12.2 Å². The second-order valence-electron chi connectivity index (χ2n) is 5.58. The van der Waals surface area contributed by atoms with Crippen LogP contribution in [0.3, 0.4) is 0 Å². The Bertz CT molecular complexity index is 566. The summed E-state index contributed by atoms with van der Waals surface area (Å²) in [5, 5.41) is 12.3. The van der Waals surface area contributed by atoms with Crippen molar-refractivity contribution in [3.63, 3.8) is 0 Å². The predicted molar refractivity (Wildman–Crippen MR) is 83.8 cm³/mol. The highest BCUT2D eigenvalue weighted by molar-refractivity contribution is 7.99. The lowest BCUT2D eigenvalue weighted by Crippen LogP contribution is -2.44. The van der Waals surface area contributed by atoms with E-state index < -0.39 is 24.1 Å². The van der Waals surface area contributed by atoms with Gasteiger partial charge < -0.3 is 15.3 Å². The van der Waals surface area contributed by atoms with Crippen molar-refractivity contribution in [1.82, 2.24) is 4.90 Å². The maximum absolute atomic E-state index is 12.4. The van der Waals surface area contributed by atoms with Crippen LogP contribution >= 0.6 is 11.8 Å². The number of halogens is 3. The number of carbonyl (C=O) groups excluding carboxylic acids is 1. The maximum Gasteiger partial charge on any atom is 0.398 e. The van der Waals surface area contributed by atoms with E-state index in [0.717, 1.165) is 5.56 Å². The fourth-order valence-corrected chi connectivity index (χ4v) is 3.11. The van der Waals surface area contributed by atoms with Gasteiger partial charge in [0.25, 0.3) is 0 Å². The van der Waals surface area contributed by atoms with Gasteiger partial charge in [0.15, 0.2) is 0 Å². The van der Waals surface area contributed by atoms with E-state index >= 15 is 0 Å². The lowest BCUT2D eigenvalue weighted by atomic mass is 10.1. The molecular weight excluding hydrogens is 329 g/mol. The number of aliphatic hydroxyl groups is 1. The number of alkyl halides is 3. The van der Waals surface area contributed by atoms with E-state index in [1.807, 2.05) is 0 Å². The minimum atomic E-state index is -4.27. The van der Waals surface area contributed by atoms with Gasteiger partial charge in [-0.2, -0.15) is 13.2 Å². The number of aryl methyl sites for hydroxylation is 1. The van der Waals surface area contributed by atoms with Crippen molar-refractivity contribution in [1.29, 1.82) is 0 Å². The van der Waals surface area contributed by atoms with Gasteiger partial charge in [0.1, 0.15) is 0 Å². The van der Waals surface area contributed by atoms with E-state index in [1.54, 1.807) is 25.1 Å². The Morgan fingerprint density at radius 1 is 1.48 bits per heavy atom. The Hall–Kier alpha value is -1.41. The highest BCUT2D eigenvalue weighted by atomic mass is 32.2. The molecule has 0 spiro atoms. The number of nitrogens with one attached hydrogen (secondary N) is 1. The minimum absolute atomic E-state index is 0.239. The van der Waals surface area contributed by atoms with Gasteiger partial charge in [0.2, 0.25) is 0 Å². The molecule has 1 heterocycles. The SMILES string of the molecule is Cc1ccc(SCC(F)(F)F)c(NC(=O)N2CCCC(O)C2)c1. The van der Waals surface area contributed by atoms with Gasteiger partial charge in [-0.25, -0.2) is 4.79 Å². The molecule has 1 saturated heterocycles. The van der Waals surface area contributed by atoms with Crippen LogP contribution in [-0.2, 0) is 0 Å². The van der Waals surface area contributed by atoms with E-state index in [4.69, 9.17) is 0 Å². The van der Waals surface area contributed by atoms with E-state index in [1.165, 1.54) is 4.90 Å². The van der Waals surface area contributed by atoms with Crippen molar-refractivity contribution in [3.8, 4) is 0 Å². The van der Waals surface area contributed by atoms with Crippen LogP contribution < -0.4 is 5.32 Å². The summed E-state index contributed by atoms with van der Waals surface area (Å²) in [7, 11) is 0. The van der Waals surface area contributed by atoms with Gasteiger partial charge in [-0.15, -0.1) is 11.8 Å². The standard InChI is InChI=1S/C15H19F3N2O2S/c1-10-4-5-13(23-9-15(16,17)18)12(7-10)19-14(22)20-6-2-3-11(21)8-20/h4-5,7,11,21H,2-3,6,8-9H2,1H3,(H,19,22). The van der Waals surface area contributed by atoms with E-state index in [9.17, 15) is 23.1 Å². The van der Waals surface area contributed by atoms with Crippen LogP contribution in [0.2, 0.25) is 0 Å². The smallest absolute Gasteiger partial charge is 0.391 e. The van der Waals surface area contributed by atoms with Gasteiger partial charge in [-0.3, -0.25) is 0 Å². The van der Waals surface area contributed by atoms with Crippen LogP contribution in [0.5, 0.6) is 0 Å². The Kier molecular flexibility index (Phi) is 5.80. The molecule has 0 saturated carbocycles. The molecule has 0 aromatic heterocycles. The van der Waals surface area contributed by atoms with E-state index in [0.29, 0.717) is 41.7 Å². The van der Waals surface area contributed by atoms with Crippen LogP contribution in [0, 0.1) is 6.92 Å². The maximum atomic E-state index is 12.4. The molecule has 1 aliphatic heterocycles. The van der Waals surface area contributed by atoms with Crippen molar-refractivity contribution in [3.05, 3.63) is 23.8 Å². The first kappa shape index (κ1) is 17.9. The molecule has 1 aromatic rings. The number of amides is 2. The van der Waals surface area contributed by atoms with Crippen molar-refractivity contribution in [2.45, 2.75) is 36.9 Å². The number of likely N-dealkylation sites (tertiary alicyclic amines) is 1. The second kappa shape index (κ2) is 7.44. The van der Waals surface area contributed by atoms with Crippen molar-refractivity contribution < 1.29 is 23.1 Å². The zero-order valence-corrected chi connectivity index (χ0v) is 13.5. The molecule has 1 unspecified atom stereocenters. The summed E-state index contributed by atoms with van der Waals surface area (Å²) >= 11 is 0.644. The summed E-state index contributed by atoms with van der Waals surface area (Å²) in [5.74, 6) is -1.01. The Morgan fingerprint density at radius 2 is 2.22 bits per heavy atom. The molecule has 2 N–H and O–H groups in total. The summed E-state index contributed by atoms with van der Waals surface area (Å²) in [6, 6.07) is 4.53. The van der Waals surface area contributed by atoms with Crippen molar-refractivity contribution in [2.24, 2.45) is 0 Å². The monoisotopic (exact) mass is 348 g/mol. The number of urea groups is 1. The molecule has 128 valence electrons. The van der Waals surface area contributed by atoms with Crippen LogP contribution in [0.15, 0.2) is 23.1 Å². The third-order valence-electron chi connectivity index (χ3n) is 3.45. The average Bonchev–Trinajstić information content (AvgIpc) is 2.45. The number of hydrogen-bond donors (Lipinski definition) is 2. The van der Waals surface area contributed by atoms with Crippen LogP contribution in [0.25, 0.3) is 0 Å². The molecular formula is C15H19F3N2O2S. The first-order chi connectivity index (χ1) is 10.7. The quantitative estimate of drug-likeness (QED) is 0.820. The second-order valence-corrected chi connectivity index (χ2v) is 6.59. The zero-order chi connectivity index (χ0) is 17.0. The summed E-state index contributed by atoms with van der Waals surface area (Å²) < 4.78 is 37.2. The fraction of sp³-hybridized carbons (Fsp3) is 0.533. The third kappa shape index (κ3) is 5.62. The normalized spacial score (nSPS) is 18.8.